The van der Waals surface area contributed by atoms with Gasteiger partial charge in [-0.1, -0.05) is 12.1 Å². The predicted octanol–water partition coefficient (Wildman–Crippen LogP) is 1.83. The molecule has 1 heterocycles. The summed E-state index contributed by atoms with van der Waals surface area (Å²) in [6.45, 7) is 1.55. The highest BCUT2D eigenvalue weighted by Gasteiger charge is 2.15. The minimum Gasteiger partial charge on any atom is -0.363 e. The zero-order valence-electron chi connectivity index (χ0n) is 13.3. The van der Waals surface area contributed by atoms with Crippen LogP contribution in [0.15, 0.2) is 47.5 Å². The molecule has 0 unspecified atom stereocenters. The molecule has 7 heteroatoms. The summed E-state index contributed by atoms with van der Waals surface area (Å²) in [4.78, 5) is 17.5. The molecule has 0 aliphatic rings. The summed E-state index contributed by atoms with van der Waals surface area (Å²) >= 11 is 0. The second kappa shape index (κ2) is 6.89. The van der Waals surface area contributed by atoms with Crippen molar-refractivity contribution < 1.29 is 13.2 Å². The highest BCUT2D eigenvalue weighted by molar-refractivity contribution is 7.89. The Hall–Kier alpha value is -2.25. The highest BCUT2D eigenvalue weighted by Crippen LogP contribution is 2.14. The average Bonchev–Trinajstić information content (AvgIpc) is 2.53. The van der Waals surface area contributed by atoms with Crippen LogP contribution in [-0.4, -0.2) is 33.3 Å². The Kier molecular flexibility index (Phi) is 5.12. The molecule has 0 spiro atoms. The van der Waals surface area contributed by atoms with Gasteiger partial charge < -0.3 is 4.90 Å². The van der Waals surface area contributed by atoms with Gasteiger partial charge in [0.15, 0.2) is 5.78 Å². The van der Waals surface area contributed by atoms with Gasteiger partial charge in [0, 0.05) is 32.4 Å². The van der Waals surface area contributed by atoms with E-state index >= 15 is 0 Å². The quantitative estimate of drug-likeness (QED) is 0.816. The maximum absolute atomic E-state index is 12.4. The number of benzene rings is 1. The molecular weight excluding hydrogens is 314 g/mol. The van der Waals surface area contributed by atoms with Gasteiger partial charge in [-0.05, 0) is 36.8 Å². The van der Waals surface area contributed by atoms with E-state index in [-0.39, 0.29) is 17.2 Å². The number of Topliss-reactive ketones (excluding diaryl/α,β-unsaturated/α-hetero) is 1. The summed E-state index contributed by atoms with van der Waals surface area (Å²) < 4.78 is 27.2. The SMILES string of the molecule is CC(=O)c1cccc(S(=O)(=O)NCc2ccnc(N(C)C)c2)c1. The number of aromatic nitrogens is 1. The summed E-state index contributed by atoms with van der Waals surface area (Å²) in [5.41, 5.74) is 1.17. The van der Waals surface area contributed by atoms with Crippen LogP contribution in [0.5, 0.6) is 0 Å². The number of rotatable bonds is 6. The van der Waals surface area contributed by atoms with E-state index in [0.29, 0.717) is 5.56 Å². The Balaban J connectivity index is 2.17. The zero-order valence-corrected chi connectivity index (χ0v) is 14.1. The number of ketones is 1. The smallest absolute Gasteiger partial charge is 0.240 e. The molecule has 0 amide bonds. The standard InChI is InChI=1S/C16H19N3O3S/c1-12(20)14-5-4-6-15(10-14)23(21,22)18-11-13-7-8-17-16(9-13)19(2)3/h4-10,18H,11H2,1-3H3. The van der Waals surface area contributed by atoms with Gasteiger partial charge in [-0.25, -0.2) is 18.1 Å². The molecule has 122 valence electrons. The molecule has 2 aromatic rings. The van der Waals surface area contributed by atoms with Crippen LogP contribution >= 0.6 is 0 Å². The van der Waals surface area contributed by atoms with Crippen LogP contribution in [0.4, 0.5) is 5.82 Å². The summed E-state index contributed by atoms with van der Waals surface area (Å²) in [7, 11) is 0.0454. The molecule has 1 aromatic heterocycles. The van der Waals surface area contributed by atoms with E-state index in [1.165, 1.54) is 19.1 Å². The fraction of sp³-hybridized carbons (Fsp3) is 0.250. The van der Waals surface area contributed by atoms with E-state index in [9.17, 15) is 13.2 Å². The molecule has 23 heavy (non-hydrogen) atoms. The van der Waals surface area contributed by atoms with Gasteiger partial charge in [-0.2, -0.15) is 0 Å². The number of anilines is 1. The van der Waals surface area contributed by atoms with E-state index in [0.717, 1.165) is 11.4 Å². The Labute approximate surface area is 136 Å². The molecule has 0 saturated carbocycles. The van der Waals surface area contributed by atoms with Crippen LogP contribution < -0.4 is 9.62 Å². The average molecular weight is 333 g/mol. The second-order valence-corrected chi connectivity index (χ2v) is 7.09. The molecule has 0 fully saturated rings. The molecule has 6 nitrogen and oxygen atoms in total. The minimum atomic E-state index is -3.68. The molecule has 0 aliphatic carbocycles. The maximum Gasteiger partial charge on any atom is 0.240 e. The normalized spacial score (nSPS) is 11.3. The molecule has 0 atom stereocenters. The Bertz CT molecular complexity index is 817. The second-order valence-electron chi connectivity index (χ2n) is 5.33. The number of nitrogens with one attached hydrogen (secondary N) is 1. The van der Waals surface area contributed by atoms with Crippen molar-refractivity contribution in [3.63, 3.8) is 0 Å². The summed E-state index contributed by atoms with van der Waals surface area (Å²) in [6, 6.07) is 9.56. The van der Waals surface area contributed by atoms with Gasteiger partial charge in [0.25, 0.3) is 0 Å². The minimum absolute atomic E-state index is 0.0760. The fourth-order valence-corrected chi connectivity index (χ4v) is 3.02. The topological polar surface area (TPSA) is 79.4 Å². The molecule has 0 saturated heterocycles. The van der Waals surface area contributed by atoms with Gasteiger partial charge in [-0.3, -0.25) is 4.79 Å². The number of carbonyl (C=O) groups excluding carboxylic acids is 1. The number of nitrogens with zero attached hydrogens (tertiary/aromatic N) is 2. The third-order valence-corrected chi connectivity index (χ3v) is 4.68. The Morgan fingerprint density at radius 3 is 2.61 bits per heavy atom. The molecule has 0 aliphatic heterocycles. The van der Waals surface area contributed by atoms with Crippen molar-refractivity contribution in [2.24, 2.45) is 0 Å². The largest absolute Gasteiger partial charge is 0.363 e. The van der Waals surface area contributed by atoms with E-state index in [1.807, 2.05) is 25.1 Å². The zero-order chi connectivity index (χ0) is 17.0. The lowest BCUT2D eigenvalue weighted by molar-refractivity contribution is 0.101. The van der Waals surface area contributed by atoms with Crippen LogP contribution in [0.25, 0.3) is 0 Å². The molecular formula is C16H19N3O3S. The number of hydrogen-bond donors (Lipinski definition) is 1. The lowest BCUT2D eigenvalue weighted by Gasteiger charge is -2.12. The fourth-order valence-electron chi connectivity index (χ4n) is 1.96. The third-order valence-electron chi connectivity index (χ3n) is 3.29. The summed E-state index contributed by atoms with van der Waals surface area (Å²) in [6.07, 6.45) is 1.63. The van der Waals surface area contributed by atoms with Gasteiger partial charge >= 0.3 is 0 Å². The number of pyridine rings is 1. The third kappa shape index (κ3) is 4.37. The Morgan fingerprint density at radius 1 is 1.22 bits per heavy atom. The van der Waals surface area contributed by atoms with Crippen LogP contribution in [0.1, 0.15) is 22.8 Å². The molecule has 0 bridgehead atoms. The highest BCUT2D eigenvalue weighted by atomic mass is 32.2. The van der Waals surface area contributed by atoms with Crippen molar-refractivity contribution >= 4 is 21.6 Å². The number of carbonyl (C=O) groups is 1. The van der Waals surface area contributed by atoms with Crippen LogP contribution in [0, 0.1) is 0 Å². The molecule has 2 rings (SSSR count). The maximum atomic E-state index is 12.4. The van der Waals surface area contributed by atoms with Gasteiger partial charge in [0.05, 0.1) is 4.90 Å². The molecule has 1 aromatic carbocycles. The van der Waals surface area contributed by atoms with Crippen LogP contribution in [0.2, 0.25) is 0 Å². The first kappa shape index (κ1) is 17.1. The van der Waals surface area contributed by atoms with Crippen molar-refractivity contribution in [1.29, 1.82) is 0 Å². The van der Waals surface area contributed by atoms with Gasteiger partial charge in [-0.15, -0.1) is 0 Å². The molecule has 0 radical (unpaired) electrons. The number of hydrogen-bond acceptors (Lipinski definition) is 5. The van der Waals surface area contributed by atoms with Gasteiger partial charge in [0.2, 0.25) is 10.0 Å². The van der Waals surface area contributed by atoms with Crippen molar-refractivity contribution in [2.75, 3.05) is 19.0 Å². The van der Waals surface area contributed by atoms with Gasteiger partial charge in [0.1, 0.15) is 5.82 Å². The van der Waals surface area contributed by atoms with Crippen LogP contribution in [0.3, 0.4) is 0 Å². The van der Waals surface area contributed by atoms with Crippen molar-refractivity contribution in [3.8, 4) is 0 Å². The van der Waals surface area contributed by atoms with E-state index in [4.69, 9.17) is 0 Å². The monoisotopic (exact) mass is 333 g/mol. The summed E-state index contributed by atoms with van der Waals surface area (Å²) in [5.74, 6) is 0.576. The lowest BCUT2D eigenvalue weighted by atomic mass is 10.2. The lowest BCUT2D eigenvalue weighted by Crippen LogP contribution is -2.23. The first-order valence-corrected chi connectivity index (χ1v) is 8.51. The van der Waals surface area contributed by atoms with E-state index in [1.54, 1.807) is 24.4 Å². The Morgan fingerprint density at radius 2 is 1.96 bits per heavy atom. The number of sulfonamides is 1. The predicted molar refractivity (Wildman–Crippen MR) is 89.0 cm³/mol. The molecule has 1 N–H and O–H groups in total. The van der Waals surface area contributed by atoms with Crippen molar-refractivity contribution in [2.45, 2.75) is 18.4 Å². The van der Waals surface area contributed by atoms with Crippen molar-refractivity contribution in [3.05, 3.63) is 53.7 Å². The first-order chi connectivity index (χ1) is 10.8. The first-order valence-electron chi connectivity index (χ1n) is 7.02. The van der Waals surface area contributed by atoms with Crippen molar-refractivity contribution in [1.82, 2.24) is 9.71 Å². The van der Waals surface area contributed by atoms with E-state index in [2.05, 4.69) is 9.71 Å². The van der Waals surface area contributed by atoms with E-state index < -0.39 is 10.0 Å². The summed E-state index contributed by atoms with van der Waals surface area (Å²) in [5, 5.41) is 0. The van der Waals surface area contributed by atoms with Crippen LogP contribution in [-0.2, 0) is 16.6 Å².